The number of hydrogen-bond donors (Lipinski definition) is 6. The molecule has 0 saturated carbocycles. The number of aromatic amines is 1. The smallest absolute Gasteiger partial charge is 0.348 e. The van der Waals surface area contributed by atoms with E-state index in [9.17, 15) is 30.0 Å². The van der Waals surface area contributed by atoms with E-state index in [4.69, 9.17) is 33.2 Å². The predicted octanol–water partition coefficient (Wildman–Crippen LogP) is -1.18. The summed E-state index contributed by atoms with van der Waals surface area (Å²) in [4.78, 5) is 35.6. The highest BCUT2D eigenvalue weighted by molar-refractivity contribution is 6.28. The number of nitrogens with one attached hydrogen (secondary N) is 1. The van der Waals surface area contributed by atoms with E-state index in [1.165, 1.54) is 23.2 Å². The van der Waals surface area contributed by atoms with E-state index in [1.54, 1.807) is 0 Å². The molecule has 3 atom stereocenters. The SMILES string of the molecule is C#C[C@@H](O)[C@@H](O[C@@H](CO)COC(Cc1ccn[nH]1)(C(=O)O)C(=O)O)n1cnc2c(N)nc(Cl)nc21. The number of ether oxygens (including phenoxy) is 2. The molecule has 186 valence electrons. The van der Waals surface area contributed by atoms with Gasteiger partial charge in [-0.1, -0.05) is 5.92 Å². The minimum absolute atomic E-state index is 0.0454. The number of aromatic nitrogens is 6. The van der Waals surface area contributed by atoms with Crippen molar-refractivity contribution in [2.45, 2.75) is 30.5 Å². The molecule has 0 spiro atoms. The highest BCUT2D eigenvalue weighted by Gasteiger charge is 2.49. The van der Waals surface area contributed by atoms with Crippen LogP contribution in [-0.2, 0) is 25.5 Å². The molecule has 0 aliphatic heterocycles. The third-order valence-corrected chi connectivity index (χ3v) is 5.05. The minimum Gasteiger partial charge on any atom is -0.479 e. The van der Waals surface area contributed by atoms with Gasteiger partial charge in [-0.25, -0.2) is 14.6 Å². The summed E-state index contributed by atoms with van der Waals surface area (Å²) in [5.41, 5.74) is 3.39. The van der Waals surface area contributed by atoms with E-state index in [0.717, 1.165) is 0 Å². The van der Waals surface area contributed by atoms with E-state index < -0.39 is 55.6 Å². The van der Waals surface area contributed by atoms with Crippen LogP contribution in [-0.4, -0.2) is 93.1 Å². The Morgan fingerprint density at radius 2 is 2.06 bits per heavy atom. The Balaban J connectivity index is 1.88. The number of imidazole rings is 1. The third-order valence-electron chi connectivity index (χ3n) is 4.88. The molecule has 0 aliphatic carbocycles. The van der Waals surface area contributed by atoms with Gasteiger partial charge in [-0.3, -0.25) is 9.67 Å². The maximum Gasteiger partial charge on any atom is 0.348 e. The lowest BCUT2D eigenvalue weighted by Gasteiger charge is -2.30. The van der Waals surface area contributed by atoms with Crippen LogP contribution in [0.15, 0.2) is 18.6 Å². The van der Waals surface area contributed by atoms with E-state index in [-0.39, 0.29) is 28.0 Å². The first-order chi connectivity index (χ1) is 16.6. The number of rotatable bonds is 12. The summed E-state index contributed by atoms with van der Waals surface area (Å²) in [6.45, 7) is -1.49. The topological polar surface area (TPSA) is 232 Å². The van der Waals surface area contributed by atoms with Gasteiger partial charge in [-0.15, -0.1) is 6.42 Å². The summed E-state index contributed by atoms with van der Waals surface area (Å²) >= 11 is 5.86. The van der Waals surface area contributed by atoms with Gasteiger partial charge in [-0.2, -0.15) is 15.1 Å². The summed E-state index contributed by atoms with van der Waals surface area (Å²) in [5.74, 6) is -1.57. The third kappa shape index (κ3) is 5.31. The quantitative estimate of drug-likeness (QED) is 0.0959. The van der Waals surface area contributed by atoms with Gasteiger partial charge >= 0.3 is 11.9 Å². The Kier molecular flexibility index (Phi) is 7.84. The van der Waals surface area contributed by atoms with Gasteiger partial charge in [0.1, 0.15) is 11.6 Å². The molecule has 0 aliphatic rings. The number of fused-ring (bicyclic) bond motifs is 1. The number of terminal acetylenes is 1. The second-order valence-electron chi connectivity index (χ2n) is 7.15. The van der Waals surface area contributed by atoms with Crippen LogP contribution in [0.3, 0.4) is 0 Å². The van der Waals surface area contributed by atoms with Crippen molar-refractivity contribution in [3.05, 3.63) is 29.6 Å². The Morgan fingerprint density at radius 3 is 2.63 bits per heavy atom. The number of carboxylic acid groups (broad SMARTS) is 2. The predicted molar refractivity (Wildman–Crippen MR) is 117 cm³/mol. The molecule has 0 bridgehead atoms. The summed E-state index contributed by atoms with van der Waals surface area (Å²) < 4.78 is 12.1. The number of hydrogen-bond acceptors (Lipinski definition) is 11. The molecule has 0 unspecified atom stereocenters. The van der Waals surface area contributed by atoms with Gasteiger partial charge in [0.15, 0.2) is 23.8 Å². The van der Waals surface area contributed by atoms with E-state index in [0.29, 0.717) is 0 Å². The van der Waals surface area contributed by atoms with Crippen LogP contribution >= 0.6 is 11.6 Å². The fourth-order valence-electron chi connectivity index (χ4n) is 3.11. The Labute approximate surface area is 201 Å². The number of aliphatic carboxylic acids is 2. The van der Waals surface area contributed by atoms with Gasteiger partial charge in [-0.05, 0) is 17.7 Å². The zero-order chi connectivity index (χ0) is 25.8. The number of aliphatic hydroxyl groups is 2. The monoisotopic (exact) mass is 509 g/mol. The average molecular weight is 510 g/mol. The number of nitrogens with zero attached hydrogens (tertiary/aromatic N) is 5. The molecule has 35 heavy (non-hydrogen) atoms. The molecule has 15 nitrogen and oxygen atoms in total. The van der Waals surface area contributed by atoms with Gasteiger partial charge in [0.25, 0.3) is 5.60 Å². The highest BCUT2D eigenvalue weighted by Crippen LogP contribution is 2.26. The number of nitrogens with two attached hydrogens (primary N) is 1. The van der Waals surface area contributed by atoms with Crippen LogP contribution in [0, 0.1) is 12.3 Å². The standard InChI is InChI=1S/C19H20ClN7O8/c1-2-11(29)15(27-8-22-12-13(21)24-18(20)25-14(12)27)35-10(6-28)7-34-19(16(30)31,17(32)33)5-9-3-4-23-26-9/h1,3-4,8,10-11,15,28-29H,5-7H2,(H,23,26)(H,30,31)(H,32,33)(H2,21,24,25)/t10-,11+,15+/m0/s1. The minimum atomic E-state index is -2.74. The van der Waals surface area contributed by atoms with Crippen molar-refractivity contribution in [1.82, 2.24) is 29.7 Å². The van der Waals surface area contributed by atoms with Gasteiger partial charge in [0.05, 0.1) is 19.5 Å². The largest absolute Gasteiger partial charge is 0.479 e. The van der Waals surface area contributed by atoms with Crippen LogP contribution in [0.2, 0.25) is 5.28 Å². The van der Waals surface area contributed by atoms with Gasteiger partial charge in [0, 0.05) is 18.3 Å². The first-order valence-electron chi connectivity index (χ1n) is 9.78. The van der Waals surface area contributed by atoms with Crippen molar-refractivity contribution in [1.29, 1.82) is 0 Å². The van der Waals surface area contributed by atoms with Gasteiger partial charge < -0.3 is 35.6 Å². The van der Waals surface area contributed by atoms with E-state index >= 15 is 0 Å². The average Bonchev–Trinajstić information content (AvgIpc) is 3.47. The van der Waals surface area contributed by atoms with Gasteiger partial charge in [0.2, 0.25) is 5.28 Å². The molecule has 7 N–H and O–H groups in total. The molecule has 3 rings (SSSR count). The molecule has 3 heterocycles. The first kappa shape index (κ1) is 25.8. The normalized spacial score (nSPS) is 14.3. The van der Waals surface area contributed by atoms with E-state index in [1.807, 2.05) is 0 Å². The Bertz CT molecular complexity index is 1230. The molecule has 0 saturated heterocycles. The van der Waals surface area contributed by atoms with Crippen molar-refractivity contribution in [2.24, 2.45) is 0 Å². The highest BCUT2D eigenvalue weighted by atomic mass is 35.5. The lowest BCUT2D eigenvalue weighted by molar-refractivity contribution is -0.195. The molecule has 0 amide bonds. The van der Waals surface area contributed by atoms with Crippen LogP contribution in [0.4, 0.5) is 5.82 Å². The second-order valence-corrected chi connectivity index (χ2v) is 7.49. The van der Waals surface area contributed by atoms with Crippen molar-refractivity contribution in [3.8, 4) is 12.3 Å². The van der Waals surface area contributed by atoms with Crippen LogP contribution in [0.5, 0.6) is 0 Å². The number of halogens is 1. The summed E-state index contributed by atoms with van der Waals surface area (Å²) in [5, 5.41) is 45.4. The molecule has 0 radical (unpaired) electrons. The zero-order valence-corrected chi connectivity index (χ0v) is 18.5. The van der Waals surface area contributed by atoms with Crippen molar-refractivity contribution in [2.75, 3.05) is 18.9 Å². The Morgan fingerprint density at radius 1 is 1.34 bits per heavy atom. The fraction of sp³-hybridized carbons (Fsp3) is 0.368. The molecule has 16 heteroatoms. The lowest BCUT2D eigenvalue weighted by Crippen LogP contribution is -2.52. The lowest BCUT2D eigenvalue weighted by atomic mass is 9.97. The number of nitrogen functional groups attached to an aromatic ring is 1. The number of carbonyl (C=O) groups is 2. The fourth-order valence-corrected chi connectivity index (χ4v) is 3.28. The molecule has 3 aromatic rings. The maximum absolute atomic E-state index is 11.9. The molecule has 3 aromatic heterocycles. The van der Waals surface area contributed by atoms with Crippen LogP contribution < -0.4 is 5.73 Å². The van der Waals surface area contributed by atoms with Crippen LogP contribution in [0.1, 0.15) is 11.9 Å². The van der Waals surface area contributed by atoms with E-state index in [2.05, 4.69) is 31.1 Å². The number of aliphatic hydroxyl groups excluding tert-OH is 2. The Hall–Kier alpha value is -3.81. The molecular weight excluding hydrogens is 490 g/mol. The number of carboxylic acids is 2. The summed E-state index contributed by atoms with van der Waals surface area (Å²) in [6.07, 6.45) is 2.83. The summed E-state index contributed by atoms with van der Waals surface area (Å²) in [7, 11) is 0. The first-order valence-corrected chi connectivity index (χ1v) is 10.2. The van der Waals surface area contributed by atoms with Crippen molar-refractivity contribution < 1.29 is 39.5 Å². The molecule has 0 aromatic carbocycles. The maximum atomic E-state index is 11.9. The van der Waals surface area contributed by atoms with Crippen LogP contribution in [0.25, 0.3) is 11.2 Å². The van der Waals surface area contributed by atoms with Crippen molar-refractivity contribution >= 4 is 40.5 Å². The number of anilines is 1. The number of H-pyrrole nitrogens is 1. The zero-order valence-electron chi connectivity index (χ0n) is 17.8. The van der Waals surface area contributed by atoms with Crippen molar-refractivity contribution in [3.63, 3.8) is 0 Å². The second kappa shape index (κ2) is 10.6. The molecular formula is C19H20ClN7O8. The summed E-state index contributed by atoms with van der Waals surface area (Å²) in [6, 6.07) is 1.38. The molecule has 0 fully saturated rings.